The monoisotopic (exact) mass is 299 g/mol. The molecule has 0 radical (unpaired) electrons. The van der Waals surface area contributed by atoms with Gasteiger partial charge in [-0.1, -0.05) is 60.7 Å². The molecule has 1 heterocycles. The van der Waals surface area contributed by atoms with Gasteiger partial charge in [0.1, 0.15) is 0 Å². The maximum Gasteiger partial charge on any atom is 0.239 e. The third-order valence-electron chi connectivity index (χ3n) is 3.82. The third-order valence-corrected chi connectivity index (χ3v) is 4.97. The van der Waals surface area contributed by atoms with Crippen LogP contribution in [0.4, 0.5) is 0 Å². The Labute approximate surface area is 134 Å². The first-order valence-electron chi connectivity index (χ1n) is 7.38. The van der Waals surface area contributed by atoms with Crippen molar-refractivity contribution in [1.29, 1.82) is 0 Å². The van der Waals surface area contributed by atoms with Crippen LogP contribution in [-0.2, 0) is 0 Å². The molecule has 0 spiro atoms. The van der Waals surface area contributed by atoms with Crippen LogP contribution in [0, 0.1) is 0 Å². The largest absolute Gasteiger partial charge is 0.239 e. The van der Waals surface area contributed by atoms with Crippen molar-refractivity contribution >= 4 is 21.4 Å². The molecule has 0 N–H and O–H groups in total. The molecule has 104 valence electrons. The smallest absolute Gasteiger partial charge is 0.0622 e. The summed E-state index contributed by atoms with van der Waals surface area (Å²) in [7, 11) is 0. The number of hydrogen-bond donors (Lipinski definition) is 0. The van der Waals surface area contributed by atoms with Gasteiger partial charge >= 0.3 is 0 Å². The summed E-state index contributed by atoms with van der Waals surface area (Å²) in [5.41, 5.74) is 3.84. The number of benzene rings is 3. The Hall–Kier alpha value is -2.51. The van der Waals surface area contributed by atoms with Crippen LogP contribution in [0.2, 0.25) is 0 Å². The molecule has 0 amide bonds. The SMILES string of the molecule is c1ccc(-c2cc(-c3ccccc3)c3ccccc3[s+]2)cc1. The molecule has 0 aliphatic heterocycles. The molecule has 0 unspecified atom stereocenters. The van der Waals surface area contributed by atoms with Gasteiger partial charge < -0.3 is 0 Å². The summed E-state index contributed by atoms with van der Waals surface area (Å²) in [6.45, 7) is 0. The van der Waals surface area contributed by atoms with Crippen LogP contribution in [0.5, 0.6) is 0 Å². The number of rotatable bonds is 2. The summed E-state index contributed by atoms with van der Waals surface area (Å²) in [5.74, 6) is 0. The van der Waals surface area contributed by atoms with E-state index in [0.29, 0.717) is 0 Å². The van der Waals surface area contributed by atoms with Crippen LogP contribution in [0.15, 0.2) is 91.0 Å². The third kappa shape index (κ3) is 2.40. The fraction of sp³-hybridized carbons (Fsp3) is 0. The van der Waals surface area contributed by atoms with Crippen molar-refractivity contribution in [2.24, 2.45) is 0 Å². The van der Waals surface area contributed by atoms with Crippen LogP contribution in [0.3, 0.4) is 0 Å². The van der Waals surface area contributed by atoms with Crippen LogP contribution in [0.25, 0.3) is 31.7 Å². The van der Waals surface area contributed by atoms with E-state index in [2.05, 4.69) is 91.0 Å². The highest BCUT2D eigenvalue weighted by atomic mass is 32.1. The first-order valence-corrected chi connectivity index (χ1v) is 8.20. The molecule has 0 nitrogen and oxygen atoms in total. The Balaban J connectivity index is 2.02. The van der Waals surface area contributed by atoms with Gasteiger partial charge in [-0.05, 0) is 23.8 Å². The molecule has 0 saturated carbocycles. The van der Waals surface area contributed by atoms with E-state index >= 15 is 0 Å². The molecule has 22 heavy (non-hydrogen) atoms. The maximum absolute atomic E-state index is 2.32. The minimum Gasteiger partial charge on any atom is -0.0622 e. The second kappa shape index (κ2) is 5.70. The van der Waals surface area contributed by atoms with Gasteiger partial charge in [-0.2, -0.15) is 0 Å². The quantitative estimate of drug-likeness (QED) is 0.370. The molecule has 0 bridgehead atoms. The molecule has 0 fully saturated rings. The van der Waals surface area contributed by atoms with Crippen molar-refractivity contribution in [3.63, 3.8) is 0 Å². The van der Waals surface area contributed by atoms with Crippen molar-refractivity contribution in [3.8, 4) is 21.6 Å². The van der Waals surface area contributed by atoms with Crippen LogP contribution >= 0.6 is 11.3 Å². The molecule has 0 saturated heterocycles. The second-order valence-corrected chi connectivity index (χ2v) is 6.34. The molecular formula is C21H15S+. The average molecular weight is 299 g/mol. The second-order valence-electron chi connectivity index (χ2n) is 5.25. The average Bonchev–Trinajstić information content (AvgIpc) is 2.62. The van der Waals surface area contributed by atoms with Crippen molar-refractivity contribution in [2.75, 3.05) is 0 Å². The lowest BCUT2D eigenvalue weighted by atomic mass is 10.0. The summed E-state index contributed by atoms with van der Waals surface area (Å²) in [4.78, 5) is 1.30. The zero-order valence-electron chi connectivity index (χ0n) is 12.1. The summed E-state index contributed by atoms with van der Waals surface area (Å²) in [6.07, 6.45) is 0. The topological polar surface area (TPSA) is 0 Å². The van der Waals surface area contributed by atoms with Crippen LogP contribution < -0.4 is 0 Å². The Morgan fingerprint density at radius 3 is 1.86 bits per heavy atom. The van der Waals surface area contributed by atoms with Gasteiger partial charge in [-0.15, -0.1) is 0 Å². The molecule has 4 aromatic rings. The highest BCUT2D eigenvalue weighted by Crippen LogP contribution is 2.37. The highest BCUT2D eigenvalue weighted by molar-refractivity contribution is 7.21. The van der Waals surface area contributed by atoms with Gasteiger partial charge in [0.15, 0.2) is 0 Å². The zero-order valence-corrected chi connectivity index (χ0v) is 12.9. The Morgan fingerprint density at radius 1 is 0.545 bits per heavy atom. The van der Waals surface area contributed by atoms with E-state index in [1.165, 1.54) is 31.7 Å². The molecule has 1 heteroatoms. The van der Waals surface area contributed by atoms with Gasteiger partial charge in [0.2, 0.25) is 20.9 Å². The fourth-order valence-corrected chi connectivity index (χ4v) is 3.84. The minimum absolute atomic E-state index is 1.27. The van der Waals surface area contributed by atoms with E-state index in [4.69, 9.17) is 0 Å². The molecule has 3 aromatic carbocycles. The van der Waals surface area contributed by atoms with Crippen molar-refractivity contribution < 1.29 is 0 Å². The van der Waals surface area contributed by atoms with E-state index < -0.39 is 0 Å². The first-order chi connectivity index (χ1) is 10.9. The van der Waals surface area contributed by atoms with Crippen LogP contribution in [0.1, 0.15) is 0 Å². The maximum atomic E-state index is 2.32. The predicted molar refractivity (Wildman–Crippen MR) is 97.1 cm³/mol. The van der Waals surface area contributed by atoms with Gasteiger partial charge in [-0.3, -0.25) is 0 Å². The number of fused-ring (bicyclic) bond motifs is 1. The molecular weight excluding hydrogens is 284 g/mol. The summed E-state index contributed by atoms with van der Waals surface area (Å²) < 4.78 is 1.32. The van der Waals surface area contributed by atoms with Crippen molar-refractivity contribution in [2.45, 2.75) is 0 Å². The molecule has 4 rings (SSSR count). The van der Waals surface area contributed by atoms with Crippen molar-refractivity contribution in [3.05, 3.63) is 91.0 Å². The van der Waals surface area contributed by atoms with E-state index in [-0.39, 0.29) is 0 Å². The lowest BCUT2D eigenvalue weighted by Crippen LogP contribution is -1.82. The standard InChI is InChI=1S/C21H15S/c1-3-9-16(10-4-1)19-15-21(17-11-5-2-6-12-17)22-20-14-8-7-13-18(19)20/h1-15H/q+1. The lowest BCUT2D eigenvalue weighted by Gasteiger charge is -2.04. The van der Waals surface area contributed by atoms with E-state index in [1.807, 2.05) is 11.3 Å². The zero-order chi connectivity index (χ0) is 14.8. The molecule has 0 atom stereocenters. The van der Waals surface area contributed by atoms with Crippen molar-refractivity contribution in [1.82, 2.24) is 0 Å². The Bertz CT molecular complexity index is 912. The van der Waals surface area contributed by atoms with E-state index in [0.717, 1.165) is 0 Å². The first kappa shape index (κ1) is 13.2. The molecule has 0 aliphatic carbocycles. The minimum atomic E-state index is 1.27. The van der Waals surface area contributed by atoms with Gasteiger partial charge in [-0.25, -0.2) is 0 Å². The summed E-state index contributed by atoms with van der Waals surface area (Å²) in [6, 6.07) is 32.2. The Kier molecular flexibility index (Phi) is 3.42. The summed E-state index contributed by atoms with van der Waals surface area (Å²) >= 11 is 1.85. The molecule has 0 aliphatic rings. The van der Waals surface area contributed by atoms with Gasteiger partial charge in [0.05, 0.1) is 0 Å². The lowest BCUT2D eigenvalue weighted by molar-refractivity contribution is 1.65. The highest BCUT2D eigenvalue weighted by Gasteiger charge is 2.17. The van der Waals surface area contributed by atoms with Gasteiger partial charge in [0.25, 0.3) is 0 Å². The number of hydrogen-bond acceptors (Lipinski definition) is 0. The van der Waals surface area contributed by atoms with E-state index in [1.54, 1.807) is 0 Å². The fourth-order valence-electron chi connectivity index (χ4n) is 2.74. The normalized spacial score (nSPS) is 10.7. The predicted octanol–water partition coefficient (Wildman–Crippen LogP) is 6.52. The van der Waals surface area contributed by atoms with E-state index in [9.17, 15) is 0 Å². The summed E-state index contributed by atoms with van der Waals surface area (Å²) in [5, 5.41) is 1.32. The van der Waals surface area contributed by atoms with Gasteiger partial charge in [0, 0.05) is 28.6 Å². The van der Waals surface area contributed by atoms with Crippen LogP contribution in [-0.4, -0.2) is 0 Å². The Morgan fingerprint density at radius 2 is 1.14 bits per heavy atom. The molecule has 1 aromatic heterocycles.